The molecule has 0 bridgehead atoms. The topological polar surface area (TPSA) is 84.0 Å². The van der Waals surface area contributed by atoms with Crippen molar-refractivity contribution in [1.82, 2.24) is 16.0 Å². The van der Waals surface area contributed by atoms with Crippen LogP contribution in [0.25, 0.3) is 0 Å². The van der Waals surface area contributed by atoms with E-state index in [2.05, 4.69) is 20.9 Å². The number of nitrogens with one attached hydrogen (secondary N) is 3. The highest BCUT2D eigenvalue weighted by Gasteiger charge is 2.16. The molecule has 0 aliphatic rings. The zero-order valence-corrected chi connectivity index (χ0v) is 16.5. The van der Waals surface area contributed by atoms with Crippen LogP contribution in [0.1, 0.15) is 33.3 Å². The Hall–Kier alpha value is -2.28. The minimum Gasteiger partial charge on any atom is -0.484 e. The largest absolute Gasteiger partial charge is 0.484 e. The highest BCUT2D eigenvalue weighted by molar-refractivity contribution is 5.79. The van der Waals surface area contributed by atoms with Gasteiger partial charge in [-0.2, -0.15) is 0 Å². The predicted octanol–water partition coefficient (Wildman–Crippen LogP) is 1.68. The van der Waals surface area contributed by atoms with Crippen LogP contribution in [-0.2, 0) is 16.1 Å². The van der Waals surface area contributed by atoms with Gasteiger partial charge in [0, 0.05) is 26.7 Å². The van der Waals surface area contributed by atoms with E-state index in [9.17, 15) is 4.79 Å². The van der Waals surface area contributed by atoms with Crippen molar-refractivity contribution >= 4 is 11.9 Å². The van der Waals surface area contributed by atoms with Crippen LogP contribution in [-0.4, -0.2) is 50.8 Å². The fourth-order valence-corrected chi connectivity index (χ4v) is 2.01. The Morgan fingerprint density at radius 2 is 1.88 bits per heavy atom. The zero-order valence-electron chi connectivity index (χ0n) is 16.5. The quantitative estimate of drug-likeness (QED) is 0.435. The van der Waals surface area contributed by atoms with Crippen LogP contribution < -0.4 is 20.7 Å². The third-order valence-electron chi connectivity index (χ3n) is 3.64. The van der Waals surface area contributed by atoms with Crippen molar-refractivity contribution in [2.75, 3.05) is 33.4 Å². The number of hydrogen-bond acceptors (Lipinski definition) is 4. The molecule has 0 spiro atoms. The Kier molecular flexibility index (Phi) is 9.51. The van der Waals surface area contributed by atoms with E-state index < -0.39 is 0 Å². The van der Waals surface area contributed by atoms with Crippen LogP contribution in [0.15, 0.2) is 29.3 Å². The molecule has 7 nitrogen and oxygen atoms in total. The molecule has 0 radical (unpaired) electrons. The molecule has 7 heteroatoms. The summed E-state index contributed by atoms with van der Waals surface area (Å²) in [6.07, 6.45) is 0. The maximum atomic E-state index is 11.5. The Morgan fingerprint density at radius 3 is 2.54 bits per heavy atom. The number of rotatable bonds is 10. The van der Waals surface area contributed by atoms with Crippen molar-refractivity contribution in [2.24, 2.45) is 4.99 Å². The Balaban J connectivity index is 2.65. The minimum atomic E-state index is -0.275. The highest BCUT2D eigenvalue weighted by Crippen LogP contribution is 2.14. The summed E-state index contributed by atoms with van der Waals surface area (Å²) in [5.41, 5.74) is 0.727. The van der Waals surface area contributed by atoms with Crippen molar-refractivity contribution in [3.05, 3.63) is 29.8 Å². The van der Waals surface area contributed by atoms with Crippen molar-refractivity contribution in [2.45, 2.75) is 39.8 Å². The fraction of sp³-hybridized carbons (Fsp3) is 0.579. The second-order valence-corrected chi connectivity index (χ2v) is 6.40. The maximum Gasteiger partial charge on any atom is 0.257 e. The molecule has 1 rings (SSSR count). The van der Waals surface area contributed by atoms with Crippen LogP contribution in [0.4, 0.5) is 0 Å². The second-order valence-electron chi connectivity index (χ2n) is 6.40. The average Bonchev–Trinajstić information content (AvgIpc) is 2.63. The molecule has 0 atom stereocenters. The van der Waals surface area contributed by atoms with Gasteiger partial charge in [0.1, 0.15) is 5.75 Å². The average molecular weight is 364 g/mol. The van der Waals surface area contributed by atoms with Gasteiger partial charge in [-0.3, -0.25) is 4.79 Å². The molecule has 3 N–H and O–H groups in total. The Morgan fingerprint density at radius 1 is 1.15 bits per heavy atom. The first-order valence-electron chi connectivity index (χ1n) is 8.96. The molecule has 146 valence electrons. The summed E-state index contributed by atoms with van der Waals surface area (Å²) in [7, 11) is 1.69. The van der Waals surface area contributed by atoms with Crippen molar-refractivity contribution in [3.63, 3.8) is 0 Å². The lowest BCUT2D eigenvalue weighted by Gasteiger charge is -2.24. The predicted molar refractivity (Wildman–Crippen MR) is 105 cm³/mol. The van der Waals surface area contributed by atoms with E-state index in [1.54, 1.807) is 7.11 Å². The Labute approximate surface area is 156 Å². The Bertz CT molecular complexity index is 588. The highest BCUT2D eigenvalue weighted by atomic mass is 16.5. The number of amides is 1. The molecule has 0 aliphatic carbocycles. The molecule has 0 unspecified atom stereocenters. The lowest BCUT2D eigenvalue weighted by molar-refractivity contribution is -0.122. The lowest BCUT2D eigenvalue weighted by atomic mass is 10.1. The molecule has 0 aromatic heterocycles. The van der Waals surface area contributed by atoms with E-state index in [-0.39, 0.29) is 18.1 Å². The number of nitrogens with zero attached hydrogens (tertiary/aromatic N) is 1. The van der Waals surface area contributed by atoms with Gasteiger partial charge in [0.15, 0.2) is 12.6 Å². The molecule has 0 saturated heterocycles. The minimum absolute atomic E-state index is 0.0108. The van der Waals surface area contributed by atoms with Gasteiger partial charge in [0.05, 0.1) is 12.1 Å². The summed E-state index contributed by atoms with van der Waals surface area (Å²) < 4.78 is 10.9. The van der Waals surface area contributed by atoms with Gasteiger partial charge in [-0.15, -0.1) is 0 Å². The van der Waals surface area contributed by atoms with Crippen LogP contribution in [0.2, 0.25) is 0 Å². The molecule has 0 heterocycles. The number of aliphatic imine (C=N–C) groups is 1. The van der Waals surface area contributed by atoms with Gasteiger partial charge >= 0.3 is 0 Å². The summed E-state index contributed by atoms with van der Waals surface area (Å²) in [4.78, 5) is 16.1. The van der Waals surface area contributed by atoms with Crippen LogP contribution in [0, 0.1) is 0 Å². The van der Waals surface area contributed by atoms with E-state index >= 15 is 0 Å². The van der Waals surface area contributed by atoms with E-state index in [1.807, 2.05) is 52.0 Å². The first-order valence-corrected chi connectivity index (χ1v) is 8.96. The SMILES string of the molecule is CCNC(=O)COc1cccc(CN=C(NCC)NCC(C)(C)OC)c1. The molecule has 1 amide bonds. The third-order valence-corrected chi connectivity index (χ3v) is 3.64. The number of guanidine groups is 1. The van der Waals surface area contributed by atoms with Gasteiger partial charge < -0.3 is 25.4 Å². The first-order chi connectivity index (χ1) is 12.4. The van der Waals surface area contributed by atoms with Crippen LogP contribution in [0.5, 0.6) is 5.75 Å². The third kappa shape index (κ3) is 8.71. The molecular formula is C19H32N4O3. The van der Waals surface area contributed by atoms with Crippen LogP contribution in [0.3, 0.4) is 0 Å². The van der Waals surface area contributed by atoms with Crippen molar-refractivity contribution in [1.29, 1.82) is 0 Å². The molecule has 1 aromatic carbocycles. The molecule has 0 aliphatic heterocycles. The second kappa shape index (κ2) is 11.4. The van der Waals surface area contributed by atoms with E-state index in [0.717, 1.165) is 18.1 Å². The van der Waals surface area contributed by atoms with Gasteiger partial charge in [-0.1, -0.05) is 12.1 Å². The standard InChI is InChI=1S/C19H32N4O3/c1-6-20-17(24)13-26-16-10-8-9-15(11-16)12-22-18(21-7-2)23-14-19(3,4)25-5/h8-11H,6-7,12-14H2,1-5H3,(H,20,24)(H2,21,22,23). The zero-order chi connectivity index (χ0) is 19.4. The number of carbonyl (C=O) groups is 1. The normalized spacial score (nSPS) is 11.8. The number of methoxy groups -OCH3 is 1. The monoisotopic (exact) mass is 364 g/mol. The number of carbonyl (C=O) groups excluding carboxylic acids is 1. The molecule has 0 fully saturated rings. The number of benzene rings is 1. The van der Waals surface area contributed by atoms with E-state index in [0.29, 0.717) is 25.4 Å². The number of likely N-dealkylation sites (N-methyl/N-ethyl adjacent to an activating group) is 1. The molecular weight excluding hydrogens is 332 g/mol. The fourth-order valence-electron chi connectivity index (χ4n) is 2.01. The first kappa shape index (κ1) is 21.8. The summed E-state index contributed by atoms with van der Waals surface area (Å²) in [5, 5.41) is 9.20. The smallest absolute Gasteiger partial charge is 0.257 e. The van der Waals surface area contributed by atoms with Crippen molar-refractivity contribution < 1.29 is 14.3 Å². The lowest BCUT2D eigenvalue weighted by Crippen LogP contribution is -2.45. The van der Waals surface area contributed by atoms with E-state index in [4.69, 9.17) is 9.47 Å². The number of ether oxygens (including phenoxy) is 2. The maximum absolute atomic E-state index is 11.5. The van der Waals surface area contributed by atoms with Gasteiger partial charge in [0.2, 0.25) is 0 Å². The molecule has 0 saturated carbocycles. The van der Waals surface area contributed by atoms with Crippen molar-refractivity contribution in [3.8, 4) is 5.75 Å². The van der Waals surface area contributed by atoms with Gasteiger partial charge in [-0.05, 0) is 45.4 Å². The molecule has 26 heavy (non-hydrogen) atoms. The van der Waals surface area contributed by atoms with Gasteiger partial charge in [0.25, 0.3) is 5.91 Å². The summed E-state index contributed by atoms with van der Waals surface area (Å²) in [6.45, 7) is 10.4. The summed E-state index contributed by atoms with van der Waals surface area (Å²) >= 11 is 0. The molecule has 1 aromatic rings. The summed E-state index contributed by atoms with van der Waals surface area (Å²) in [6, 6.07) is 7.60. The van der Waals surface area contributed by atoms with Crippen LogP contribution >= 0.6 is 0 Å². The van der Waals surface area contributed by atoms with E-state index in [1.165, 1.54) is 0 Å². The number of hydrogen-bond donors (Lipinski definition) is 3. The van der Waals surface area contributed by atoms with Gasteiger partial charge in [-0.25, -0.2) is 4.99 Å². The summed E-state index contributed by atoms with van der Waals surface area (Å²) in [5.74, 6) is 1.25.